The molecule has 2 N–H and O–H groups in total. The minimum Gasteiger partial charge on any atom is -0.355 e. The molecular formula is C19H26N6O2S. The van der Waals surface area contributed by atoms with E-state index in [2.05, 4.69) is 26.2 Å². The molecule has 28 heavy (non-hydrogen) atoms. The van der Waals surface area contributed by atoms with E-state index in [0.717, 1.165) is 6.54 Å². The number of aromatic nitrogens is 4. The number of hydrogen-bond acceptors (Lipinski definition) is 6. The van der Waals surface area contributed by atoms with E-state index in [4.69, 9.17) is 0 Å². The molecule has 1 fully saturated rings. The van der Waals surface area contributed by atoms with Crippen LogP contribution in [0.1, 0.15) is 46.0 Å². The van der Waals surface area contributed by atoms with Crippen molar-refractivity contribution >= 4 is 29.3 Å². The van der Waals surface area contributed by atoms with Crippen molar-refractivity contribution in [3.8, 4) is 5.69 Å². The minimum atomic E-state index is -0.313. The van der Waals surface area contributed by atoms with Crippen LogP contribution in [-0.4, -0.2) is 43.8 Å². The lowest BCUT2D eigenvalue weighted by Gasteiger charge is -2.22. The van der Waals surface area contributed by atoms with Gasteiger partial charge in [-0.1, -0.05) is 37.1 Å². The fraction of sp³-hybridized carbons (Fsp3) is 0.526. The molecule has 1 atom stereocenters. The van der Waals surface area contributed by atoms with Gasteiger partial charge in [-0.2, -0.15) is 4.68 Å². The van der Waals surface area contributed by atoms with Crippen LogP contribution < -0.4 is 10.6 Å². The fourth-order valence-electron chi connectivity index (χ4n) is 3.32. The Balaban J connectivity index is 1.61. The van der Waals surface area contributed by atoms with Gasteiger partial charge in [0.25, 0.3) is 0 Å². The van der Waals surface area contributed by atoms with E-state index < -0.39 is 0 Å². The summed E-state index contributed by atoms with van der Waals surface area (Å²) in [6, 6.07) is 7.25. The predicted molar refractivity (Wildman–Crippen MR) is 108 cm³/mol. The van der Waals surface area contributed by atoms with Gasteiger partial charge in [0.2, 0.25) is 17.0 Å². The van der Waals surface area contributed by atoms with Crippen molar-refractivity contribution in [2.45, 2.75) is 56.4 Å². The highest BCUT2D eigenvalue weighted by atomic mass is 32.2. The molecule has 1 heterocycles. The first-order chi connectivity index (χ1) is 13.5. The Hall–Kier alpha value is -2.42. The number of anilines is 1. The van der Waals surface area contributed by atoms with Crippen molar-refractivity contribution in [1.29, 1.82) is 0 Å². The molecule has 1 aromatic heterocycles. The minimum absolute atomic E-state index is 0.00267. The monoisotopic (exact) mass is 402 g/mol. The Morgan fingerprint density at radius 2 is 2.07 bits per heavy atom. The number of thioether (sulfide) groups is 1. The first-order valence-electron chi connectivity index (χ1n) is 9.63. The number of nitrogens with zero attached hydrogens (tertiary/aromatic N) is 4. The molecule has 0 bridgehead atoms. The van der Waals surface area contributed by atoms with Crippen LogP contribution in [0.5, 0.6) is 0 Å². The third-order valence-corrected chi connectivity index (χ3v) is 5.83. The highest BCUT2D eigenvalue weighted by Crippen LogP contribution is 2.25. The van der Waals surface area contributed by atoms with E-state index in [9.17, 15) is 9.59 Å². The van der Waals surface area contributed by atoms with Crippen molar-refractivity contribution in [3.63, 3.8) is 0 Å². The second-order valence-corrected chi connectivity index (χ2v) is 8.42. The van der Waals surface area contributed by atoms with Crippen LogP contribution in [0.25, 0.3) is 5.69 Å². The summed E-state index contributed by atoms with van der Waals surface area (Å²) in [5.41, 5.74) is 1.38. The van der Waals surface area contributed by atoms with Crippen LogP contribution in [0.2, 0.25) is 0 Å². The molecule has 2 aromatic rings. The zero-order valence-electron chi connectivity index (χ0n) is 16.2. The van der Waals surface area contributed by atoms with Gasteiger partial charge in [0.15, 0.2) is 0 Å². The normalized spacial score (nSPS) is 15.8. The Bertz CT molecular complexity index is 818. The lowest BCUT2D eigenvalue weighted by molar-refractivity contribution is -0.120. The van der Waals surface area contributed by atoms with Gasteiger partial charge in [-0.05, 0) is 54.3 Å². The number of hydrogen-bond donors (Lipinski definition) is 2. The topological polar surface area (TPSA) is 102 Å². The van der Waals surface area contributed by atoms with E-state index >= 15 is 0 Å². The van der Waals surface area contributed by atoms with E-state index in [-0.39, 0.29) is 17.1 Å². The van der Waals surface area contributed by atoms with Gasteiger partial charge in [0.1, 0.15) is 0 Å². The second kappa shape index (κ2) is 9.68. The molecule has 0 radical (unpaired) electrons. The molecule has 2 amide bonds. The second-order valence-electron chi connectivity index (χ2n) is 7.11. The molecule has 8 nitrogen and oxygen atoms in total. The van der Waals surface area contributed by atoms with Crippen molar-refractivity contribution in [3.05, 3.63) is 24.3 Å². The number of rotatable bonds is 7. The van der Waals surface area contributed by atoms with Gasteiger partial charge >= 0.3 is 0 Å². The summed E-state index contributed by atoms with van der Waals surface area (Å²) < 4.78 is 1.57. The molecule has 3 rings (SSSR count). The van der Waals surface area contributed by atoms with Crippen molar-refractivity contribution < 1.29 is 9.59 Å². The van der Waals surface area contributed by atoms with E-state index in [1.807, 2.05) is 19.1 Å². The number of benzene rings is 1. The Kier molecular flexibility index (Phi) is 7.02. The van der Waals surface area contributed by atoms with Gasteiger partial charge in [-0.15, -0.1) is 5.10 Å². The maximum atomic E-state index is 12.5. The number of nitrogens with one attached hydrogen (secondary N) is 2. The Morgan fingerprint density at radius 3 is 2.82 bits per heavy atom. The van der Waals surface area contributed by atoms with Gasteiger partial charge in [-0.3, -0.25) is 9.59 Å². The summed E-state index contributed by atoms with van der Waals surface area (Å²) in [5, 5.41) is 17.9. The van der Waals surface area contributed by atoms with Gasteiger partial charge < -0.3 is 10.6 Å². The average Bonchev–Trinajstić information content (AvgIpc) is 3.14. The third-order valence-electron chi connectivity index (χ3n) is 4.79. The van der Waals surface area contributed by atoms with Crippen molar-refractivity contribution in [2.75, 3.05) is 11.9 Å². The smallest absolute Gasteiger partial charge is 0.233 e. The quantitative estimate of drug-likeness (QED) is 0.691. The zero-order chi connectivity index (χ0) is 19.9. The molecule has 1 aliphatic carbocycles. The lowest BCUT2D eigenvalue weighted by atomic mass is 9.89. The Labute approximate surface area is 168 Å². The average molecular weight is 403 g/mol. The maximum absolute atomic E-state index is 12.5. The lowest BCUT2D eigenvalue weighted by Crippen LogP contribution is -2.35. The van der Waals surface area contributed by atoms with Crippen LogP contribution in [0.4, 0.5) is 5.69 Å². The summed E-state index contributed by atoms with van der Waals surface area (Å²) >= 11 is 1.31. The SMILES string of the molecule is CC(=O)Nc1cccc(-n2nnnc2SC(C)C(=O)NCC2CCCCC2)c1. The molecule has 9 heteroatoms. The van der Waals surface area contributed by atoms with Gasteiger partial charge in [0, 0.05) is 19.2 Å². The molecule has 0 saturated heterocycles. The highest BCUT2D eigenvalue weighted by Gasteiger charge is 2.21. The van der Waals surface area contributed by atoms with Crippen LogP contribution in [0.3, 0.4) is 0 Å². The van der Waals surface area contributed by atoms with Gasteiger partial charge in [0.05, 0.1) is 10.9 Å². The van der Waals surface area contributed by atoms with Crippen LogP contribution in [0, 0.1) is 5.92 Å². The molecule has 1 aromatic carbocycles. The van der Waals surface area contributed by atoms with Crippen LogP contribution >= 0.6 is 11.8 Å². The molecule has 0 spiro atoms. The Morgan fingerprint density at radius 1 is 1.29 bits per heavy atom. The van der Waals surface area contributed by atoms with E-state index in [0.29, 0.717) is 22.4 Å². The molecular weight excluding hydrogens is 376 g/mol. The van der Waals surface area contributed by atoms with Gasteiger partial charge in [-0.25, -0.2) is 0 Å². The molecule has 0 aliphatic heterocycles. The van der Waals surface area contributed by atoms with Crippen molar-refractivity contribution in [1.82, 2.24) is 25.5 Å². The molecule has 1 saturated carbocycles. The van der Waals surface area contributed by atoms with Crippen LogP contribution in [0.15, 0.2) is 29.4 Å². The number of carbonyl (C=O) groups excluding carboxylic acids is 2. The number of tetrazole rings is 1. The number of carbonyl (C=O) groups is 2. The zero-order valence-corrected chi connectivity index (χ0v) is 17.0. The predicted octanol–water partition coefficient (Wildman–Crippen LogP) is 2.80. The van der Waals surface area contributed by atoms with E-state index in [1.54, 1.807) is 16.8 Å². The van der Waals surface area contributed by atoms with E-state index in [1.165, 1.54) is 50.8 Å². The highest BCUT2D eigenvalue weighted by molar-refractivity contribution is 8.00. The van der Waals surface area contributed by atoms with Crippen LogP contribution in [-0.2, 0) is 9.59 Å². The summed E-state index contributed by atoms with van der Waals surface area (Å²) in [5.74, 6) is 0.445. The summed E-state index contributed by atoms with van der Waals surface area (Å²) in [6.45, 7) is 4.06. The fourth-order valence-corrected chi connectivity index (χ4v) is 4.16. The first kappa shape index (κ1) is 20.3. The summed E-state index contributed by atoms with van der Waals surface area (Å²) in [4.78, 5) is 23.7. The molecule has 1 unspecified atom stereocenters. The first-order valence-corrected chi connectivity index (χ1v) is 10.5. The summed E-state index contributed by atoms with van der Waals surface area (Å²) in [7, 11) is 0. The van der Waals surface area contributed by atoms with Crippen molar-refractivity contribution in [2.24, 2.45) is 5.92 Å². The largest absolute Gasteiger partial charge is 0.355 e. The summed E-state index contributed by atoms with van der Waals surface area (Å²) in [6.07, 6.45) is 6.23. The molecule has 1 aliphatic rings. The maximum Gasteiger partial charge on any atom is 0.233 e. The number of amides is 2. The molecule has 150 valence electrons. The standard InChI is InChI=1S/C19H26N6O2S/c1-13(18(27)20-12-15-7-4-3-5-8-15)28-19-22-23-24-25(19)17-10-6-9-16(11-17)21-14(2)26/h6,9-11,13,15H,3-5,7-8,12H2,1-2H3,(H,20,27)(H,21,26). The third kappa shape index (κ3) is 5.54.